The van der Waals surface area contributed by atoms with Gasteiger partial charge in [-0.3, -0.25) is 0 Å². The Morgan fingerprint density at radius 2 is 0.816 bits per heavy atom. The summed E-state index contributed by atoms with van der Waals surface area (Å²) < 4.78 is 57.1. The Hall–Kier alpha value is -8.99. The van der Waals surface area contributed by atoms with Crippen LogP contribution in [0.25, 0.3) is 0 Å². The van der Waals surface area contributed by atoms with Gasteiger partial charge in [-0.1, -0.05) is 129 Å². The van der Waals surface area contributed by atoms with Crippen LogP contribution in [0.5, 0.6) is 34.9 Å². The predicted octanol–water partition coefficient (Wildman–Crippen LogP) is 16.3. The van der Waals surface area contributed by atoms with Crippen molar-refractivity contribution in [1.29, 1.82) is 0 Å². The van der Waals surface area contributed by atoms with Crippen LogP contribution in [0.4, 0.5) is 57.0 Å². The molecule has 0 fully saturated rings. The highest BCUT2D eigenvalue weighted by Crippen LogP contribution is 2.40. The number of ether oxygens (including phenoxy) is 3. The topological polar surface area (TPSA) is 174 Å². The van der Waals surface area contributed by atoms with Crippen molar-refractivity contribution < 1.29 is 37.0 Å². The number of anilines is 6. The molecule has 0 saturated heterocycles. The van der Waals surface area contributed by atoms with E-state index in [2.05, 4.69) is 115 Å². The lowest BCUT2D eigenvalue weighted by Crippen LogP contribution is -2.20. The maximum Gasteiger partial charge on any atom is 0.419 e. The molecule has 4 amide bonds. The van der Waals surface area contributed by atoms with E-state index in [-0.39, 0.29) is 33.8 Å². The molecule has 0 unspecified atom stereocenters. The Morgan fingerprint density at radius 1 is 0.408 bits per heavy atom. The molecule has 17 heteroatoms. The number of carbonyl (C=O) groups excluding carboxylic acids is 2. The number of benzene rings is 4. The van der Waals surface area contributed by atoms with Crippen molar-refractivity contribution >= 4 is 46.3 Å². The number of pyridine rings is 4. The molecule has 0 aliphatic rings. The molecule has 392 valence electrons. The van der Waals surface area contributed by atoms with Gasteiger partial charge < -0.3 is 40.8 Å². The fourth-order valence-electron chi connectivity index (χ4n) is 7.61. The second-order valence-corrected chi connectivity index (χ2v) is 20.4. The maximum atomic E-state index is 13.2. The van der Waals surface area contributed by atoms with Gasteiger partial charge >= 0.3 is 18.2 Å². The van der Waals surface area contributed by atoms with Crippen molar-refractivity contribution in [2.75, 3.05) is 26.6 Å². The van der Waals surface area contributed by atoms with Gasteiger partial charge in [0.2, 0.25) is 17.6 Å². The van der Waals surface area contributed by atoms with Crippen LogP contribution in [0, 0.1) is 0 Å². The lowest BCUT2D eigenvalue weighted by molar-refractivity contribution is -0.138. The first-order valence-electron chi connectivity index (χ1n) is 24.2. The predicted molar refractivity (Wildman–Crippen MR) is 293 cm³/mol. The molecule has 0 bridgehead atoms. The molecule has 0 radical (unpaired) electrons. The third-order valence-corrected chi connectivity index (χ3v) is 11.3. The zero-order valence-electron chi connectivity index (χ0n) is 43.6. The first-order valence-corrected chi connectivity index (χ1v) is 24.2. The van der Waals surface area contributed by atoms with E-state index in [4.69, 9.17) is 14.2 Å². The number of rotatable bonds is 12. The van der Waals surface area contributed by atoms with Crippen molar-refractivity contribution in [3.63, 3.8) is 0 Å². The Bertz CT molecular complexity index is 3040. The first kappa shape index (κ1) is 54.8. The Morgan fingerprint density at radius 3 is 1.25 bits per heavy atom. The van der Waals surface area contributed by atoms with Gasteiger partial charge in [0.25, 0.3) is 0 Å². The lowest BCUT2D eigenvalue weighted by atomic mass is 9.86. The number of hydrogen-bond donors (Lipinski definition) is 5. The molecule has 8 aromatic rings. The maximum absolute atomic E-state index is 13.2. The highest BCUT2D eigenvalue weighted by atomic mass is 19.4. The van der Waals surface area contributed by atoms with Crippen LogP contribution in [0.1, 0.15) is 84.6 Å². The minimum absolute atomic E-state index is 0.00708. The van der Waals surface area contributed by atoms with Crippen LogP contribution in [0.3, 0.4) is 0 Å². The molecular weight excluding hydrogens is 972 g/mol. The van der Waals surface area contributed by atoms with Crippen LogP contribution in [0.2, 0.25) is 0 Å². The second-order valence-electron chi connectivity index (χ2n) is 20.4. The lowest BCUT2D eigenvalue weighted by Gasteiger charge is -2.23. The summed E-state index contributed by atoms with van der Waals surface area (Å²) in [5, 5.41) is 14.3. The number of hydrogen-bond acceptors (Lipinski definition) is 10. The molecule has 0 aliphatic heterocycles. The molecule has 0 aliphatic carbocycles. The van der Waals surface area contributed by atoms with Crippen molar-refractivity contribution in [3.05, 3.63) is 193 Å². The van der Waals surface area contributed by atoms with Gasteiger partial charge in [-0.2, -0.15) is 13.2 Å². The molecule has 5 N–H and O–H groups in total. The zero-order chi connectivity index (χ0) is 54.7. The van der Waals surface area contributed by atoms with E-state index in [0.29, 0.717) is 45.9 Å². The molecule has 4 aromatic carbocycles. The van der Waals surface area contributed by atoms with Crippen molar-refractivity contribution in [2.24, 2.45) is 0 Å². The second kappa shape index (κ2) is 23.5. The minimum atomic E-state index is -4.57. The fourth-order valence-corrected chi connectivity index (χ4v) is 7.61. The largest absolute Gasteiger partial charge is 0.438 e. The first-order chi connectivity index (χ1) is 36.0. The van der Waals surface area contributed by atoms with Crippen molar-refractivity contribution in [2.45, 2.75) is 84.7 Å². The third kappa shape index (κ3) is 15.1. The minimum Gasteiger partial charge on any atom is -0.438 e. The molecule has 4 aromatic heterocycles. The summed E-state index contributed by atoms with van der Waals surface area (Å²) in [4.78, 5) is 42.5. The summed E-state index contributed by atoms with van der Waals surface area (Å²) in [7, 11) is 0. The summed E-state index contributed by atoms with van der Waals surface area (Å²) in [6, 6.07) is 40.7. The number of nitrogens with one attached hydrogen (secondary N) is 5. The smallest absolute Gasteiger partial charge is 0.419 e. The fraction of sp³-hybridized carbons (Fsp3) is 0.220. The summed E-state index contributed by atoms with van der Waals surface area (Å²) in [5.74, 6) is 2.10. The van der Waals surface area contributed by atoms with Crippen molar-refractivity contribution in [3.8, 4) is 34.9 Å². The van der Waals surface area contributed by atoms with E-state index < -0.39 is 23.8 Å². The number of urea groups is 2. The number of halogens is 3. The highest BCUT2D eigenvalue weighted by Gasteiger charge is 2.34. The summed E-state index contributed by atoms with van der Waals surface area (Å²) in [5.41, 5.74) is 4.67. The van der Waals surface area contributed by atoms with Crippen LogP contribution in [0.15, 0.2) is 170 Å². The SMILES string of the molecule is CC(C)(C)c1ccccc1Nc1ccc(NC(=O)Nc2cccnc2Oc2ccccc2C(C)(C)C)cn1.CC(C)(C)c1ccccc1Oc1ncccc1NC(=O)Nc1ccc(Oc2ccccc2C(F)(F)F)nc1. The summed E-state index contributed by atoms with van der Waals surface area (Å²) >= 11 is 0. The monoisotopic (exact) mass is 1030 g/mol. The molecule has 0 spiro atoms. The van der Waals surface area contributed by atoms with Gasteiger partial charge in [-0.05, 0) is 94.6 Å². The molecular formula is C59H60F3N9O5. The number of amides is 4. The molecule has 0 atom stereocenters. The Balaban J connectivity index is 0.000000221. The van der Waals surface area contributed by atoms with E-state index >= 15 is 0 Å². The number of carbonyl (C=O) groups is 2. The van der Waals surface area contributed by atoms with Crippen LogP contribution in [-0.2, 0) is 22.4 Å². The summed E-state index contributed by atoms with van der Waals surface area (Å²) in [6.07, 6.45) is 1.50. The van der Waals surface area contributed by atoms with Crippen LogP contribution in [-0.4, -0.2) is 32.0 Å². The van der Waals surface area contributed by atoms with Gasteiger partial charge in [0.1, 0.15) is 34.4 Å². The van der Waals surface area contributed by atoms with Gasteiger partial charge in [-0.15, -0.1) is 0 Å². The van der Waals surface area contributed by atoms with Crippen molar-refractivity contribution in [1.82, 2.24) is 19.9 Å². The highest BCUT2D eigenvalue weighted by molar-refractivity contribution is 6.01. The molecule has 76 heavy (non-hydrogen) atoms. The molecule has 4 heterocycles. The van der Waals surface area contributed by atoms with E-state index in [1.165, 1.54) is 42.1 Å². The van der Waals surface area contributed by atoms with E-state index in [1.807, 2.05) is 72.8 Å². The number of para-hydroxylation sites is 4. The van der Waals surface area contributed by atoms with Gasteiger partial charge in [-0.25, -0.2) is 29.5 Å². The van der Waals surface area contributed by atoms with E-state index in [0.717, 1.165) is 22.9 Å². The van der Waals surface area contributed by atoms with Gasteiger partial charge in [0.05, 0.1) is 29.3 Å². The third-order valence-electron chi connectivity index (χ3n) is 11.3. The number of aromatic nitrogens is 4. The van der Waals surface area contributed by atoms with Crippen LogP contribution < -0.4 is 40.8 Å². The number of nitrogens with zero attached hydrogens (tertiary/aromatic N) is 4. The van der Waals surface area contributed by atoms with Gasteiger partial charge in [0, 0.05) is 35.3 Å². The Labute approximate surface area is 440 Å². The van der Waals surface area contributed by atoms with Gasteiger partial charge in [0.15, 0.2) is 0 Å². The van der Waals surface area contributed by atoms with Crippen LogP contribution >= 0.6 is 0 Å². The normalized spacial score (nSPS) is 11.5. The van der Waals surface area contributed by atoms with E-state index in [1.54, 1.807) is 48.9 Å². The summed E-state index contributed by atoms with van der Waals surface area (Å²) in [6.45, 7) is 19.1. The standard InChI is InChI=1S/C31H35N5O2.C28H25F3N4O3/c1-30(2,3)22-12-7-9-14-24(22)35-27-18-17-21(20-33-27)34-29(37)36-25-15-11-19-32-28(25)38-26-16-10-8-13-23(26)31(4,5)6;1-27(2,3)19-9-4-6-12-22(19)38-25-21(11-8-16-32-25)35-26(36)34-18-14-15-24(33-17-18)37-23-13-7-5-10-20(23)28(29,30)31/h7-20H,1-6H3,(H,33,35)(H2,34,36,37);4-17H,1-3H3,(H2,34,35,36). The number of alkyl halides is 3. The Kier molecular flexibility index (Phi) is 16.9. The average molecular weight is 1030 g/mol. The quantitative estimate of drug-likeness (QED) is 0.0792. The average Bonchev–Trinajstić information content (AvgIpc) is 3.36. The zero-order valence-corrected chi connectivity index (χ0v) is 43.6. The molecule has 14 nitrogen and oxygen atoms in total. The van der Waals surface area contributed by atoms with E-state index in [9.17, 15) is 22.8 Å². The molecule has 8 rings (SSSR count). The molecule has 0 saturated carbocycles.